The summed E-state index contributed by atoms with van der Waals surface area (Å²) in [4.78, 5) is 36.1. The van der Waals surface area contributed by atoms with Gasteiger partial charge in [0.1, 0.15) is 17.5 Å². The summed E-state index contributed by atoms with van der Waals surface area (Å²) in [6.45, 7) is 1.42. The van der Waals surface area contributed by atoms with Crippen LogP contribution >= 0.6 is 23.2 Å². The van der Waals surface area contributed by atoms with Crippen LogP contribution in [-0.2, 0) is 6.42 Å². The molecule has 6 nitrogen and oxygen atoms in total. The van der Waals surface area contributed by atoms with Crippen molar-refractivity contribution in [2.75, 3.05) is 25.5 Å². The molecule has 9 heteroatoms. The van der Waals surface area contributed by atoms with E-state index in [1.54, 1.807) is 30.3 Å². The van der Waals surface area contributed by atoms with Crippen LogP contribution in [0.5, 0.6) is 0 Å². The molecule has 4 rings (SSSR count). The summed E-state index contributed by atoms with van der Waals surface area (Å²) in [6.07, 6.45) is 1.23. The van der Waals surface area contributed by atoms with Crippen LogP contribution in [0.15, 0.2) is 59.7 Å². The number of likely N-dealkylation sites (N-methyl/N-ethyl adjacent to an activating group) is 1. The second-order valence-electron chi connectivity index (χ2n) is 7.54. The molecule has 0 spiro atoms. The van der Waals surface area contributed by atoms with Gasteiger partial charge in [0.05, 0.1) is 17.1 Å². The van der Waals surface area contributed by atoms with Gasteiger partial charge in [0.15, 0.2) is 5.78 Å². The molecule has 33 heavy (non-hydrogen) atoms. The van der Waals surface area contributed by atoms with E-state index in [1.807, 2.05) is 11.9 Å². The van der Waals surface area contributed by atoms with Crippen LogP contribution in [0.25, 0.3) is 0 Å². The van der Waals surface area contributed by atoms with Crippen LogP contribution in [0.4, 0.5) is 10.2 Å². The SMILES string of the molecule is CN1CCN=C1c1ccc(C(=O)Cc2ccc(Cl)cc2C(=O)Nc2ccc(Cl)cn2)c(F)c1. The van der Waals surface area contributed by atoms with Gasteiger partial charge >= 0.3 is 0 Å². The zero-order valence-corrected chi connectivity index (χ0v) is 19.1. The highest BCUT2D eigenvalue weighted by atomic mass is 35.5. The first-order chi connectivity index (χ1) is 15.8. The first-order valence-corrected chi connectivity index (χ1v) is 10.9. The van der Waals surface area contributed by atoms with E-state index >= 15 is 0 Å². The number of halogens is 3. The molecule has 0 unspecified atom stereocenters. The number of rotatable bonds is 6. The zero-order chi connectivity index (χ0) is 23.5. The van der Waals surface area contributed by atoms with Gasteiger partial charge in [-0.2, -0.15) is 0 Å². The second kappa shape index (κ2) is 9.68. The van der Waals surface area contributed by atoms with Crippen LogP contribution in [0.3, 0.4) is 0 Å². The highest BCUT2D eigenvalue weighted by Crippen LogP contribution is 2.22. The predicted octanol–water partition coefficient (Wildman–Crippen LogP) is 4.90. The molecule has 168 valence electrons. The third-order valence-corrected chi connectivity index (χ3v) is 5.68. The predicted molar refractivity (Wildman–Crippen MR) is 127 cm³/mol. The Morgan fingerprint density at radius 1 is 1.06 bits per heavy atom. The van der Waals surface area contributed by atoms with Crippen molar-refractivity contribution in [3.05, 3.63) is 92.8 Å². The van der Waals surface area contributed by atoms with Crippen LogP contribution in [0.1, 0.15) is 31.8 Å². The summed E-state index contributed by atoms with van der Waals surface area (Å²) >= 11 is 11.9. The van der Waals surface area contributed by atoms with Crippen molar-refractivity contribution in [3.63, 3.8) is 0 Å². The number of ketones is 1. The van der Waals surface area contributed by atoms with E-state index in [0.29, 0.717) is 39.4 Å². The van der Waals surface area contributed by atoms with Gasteiger partial charge in [0.2, 0.25) is 0 Å². The van der Waals surface area contributed by atoms with E-state index < -0.39 is 17.5 Å². The van der Waals surface area contributed by atoms with E-state index in [2.05, 4.69) is 15.3 Å². The molecule has 0 aliphatic carbocycles. The molecule has 0 radical (unpaired) electrons. The Hall–Kier alpha value is -3.29. The first-order valence-electron chi connectivity index (χ1n) is 10.1. The number of benzene rings is 2. The monoisotopic (exact) mass is 484 g/mol. The van der Waals surface area contributed by atoms with Gasteiger partial charge in [0, 0.05) is 42.4 Å². The van der Waals surface area contributed by atoms with Gasteiger partial charge in [-0.15, -0.1) is 0 Å². The maximum Gasteiger partial charge on any atom is 0.257 e. The second-order valence-corrected chi connectivity index (χ2v) is 8.41. The molecule has 1 N–H and O–H groups in total. The number of hydrogen-bond acceptors (Lipinski definition) is 5. The molecule has 2 heterocycles. The fourth-order valence-corrected chi connectivity index (χ4v) is 3.82. The molecule has 0 saturated carbocycles. The molecule has 0 fully saturated rings. The number of pyridine rings is 1. The Labute approximate surface area is 200 Å². The van der Waals surface area contributed by atoms with Crippen molar-refractivity contribution in [2.24, 2.45) is 4.99 Å². The van der Waals surface area contributed by atoms with Gasteiger partial charge in [0.25, 0.3) is 5.91 Å². The summed E-state index contributed by atoms with van der Waals surface area (Å²) in [5.74, 6) is -0.593. The number of aliphatic imine (C=N–C) groups is 1. The Morgan fingerprint density at radius 2 is 1.85 bits per heavy atom. The Balaban J connectivity index is 1.56. The fraction of sp³-hybridized carbons (Fsp3) is 0.167. The Kier molecular flexibility index (Phi) is 6.72. The molecule has 3 aromatic rings. The van der Waals surface area contributed by atoms with Gasteiger partial charge in [-0.1, -0.05) is 35.3 Å². The highest BCUT2D eigenvalue weighted by Gasteiger charge is 2.21. The lowest BCUT2D eigenvalue weighted by atomic mass is 9.97. The number of Topliss-reactive ketones (excluding diaryl/α,β-unsaturated/α-hetero) is 1. The van der Waals surface area contributed by atoms with Crippen molar-refractivity contribution in [3.8, 4) is 0 Å². The van der Waals surface area contributed by atoms with Gasteiger partial charge in [-0.3, -0.25) is 14.6 Å². The number of amidine groups is 1. The maximum atomic E-state index is 14.8. The molecule has 0 saturated heterocycles. The summed E-state index contributed by atoms with van der Waals surface area (Å²) in [5, 5.41) is 3.41. The van der Waals surface area contributed by atoms with Crippen molar-refractivity contribution in [1.82, 2.24) is 9.88 Å². The minimum atomic E-state index is -0.633. The van der Waals surface area contributed by atoms with Crippen molar-refractivity contribution in [1.29, 1.82) is 0 Å². The Bertz CT molecular complexity index is 1260. The summed E-state index contributed by atoms with van der Waals surface area (Å²) in [7, 11) is 1.88. The lowest BCUT2D eigenvalue weighted by Crippen LogP contribution is -2.23. The summed E-state index contributed by atoms with van der Waals surface area (Å²) in [5.41, 5.74) is 1.18. The number of amides is 1. The topological polar surface area (TPSA) is 74.7 Å². The number of carbonyl (C=O) groups excluding carboxylic acids is 2. The number of aromatic nitrogens is 1. The minimum Gasteiger partial charge on any atom is -0.358 e. The van der Waals surface area contributed by atoms with Crippen LogP contribution in [0.2, 0.25) is 10.0 Å². The lowest BCUT2D eigenvalue weighted by molar-refractivity contribution is 0.0988. The van der Waals surface area contributed by atoms with Gasteiger partial charge < -0.3 is 10.2 Å². The van der Waals surface area contributed by atoms with Crippen LogP contribution in [0, 0.1) is 5.82 Å². The van der Waals surface area contributed by atoms with Crippen molar-refractivity contribution >= 4 is 46.5 Å². The zero-order valence-electron chi connectivity index (χ0n) is 17.6. The molecule has 2 aromatic carbocycles. The summed E-state index contributed by atoms with van der Waals surface area (Å²) in [6, 6.07) is 12.2. The van der Waals surface area contributed by atoms with Crippen LogP contribution in [-0.4, -0.2) is 47.5 Å². The molecule has 0 bridgehead atoms. The molecule has 1 aliphatic heterocycles. The fourth-order valence-electron chi connectivity index (χ4n) is 3.54. The number of hydrogen-bond donors (Lipinski definition) is 1. The smallest absolute Gasteiger partial charge is 0.257 e. The maximum absolute atomic E-state index is 14.8. The van der Waals surface area contributed by atoms with E-state index in [4.69, 9.17) is 23.2 Å². The molecule has 1 aromatic heterocycles. The Morgan fingerprint density at radius 3 is 2.52 bits per heavy atom. The number of carbonyl (C=O) groups is 2. The van der Waals surface area contributed by atoms with Gasteiger partial charge in [-0.25, -0.2) is 9.37 Å². The van der Waals surface area contributed by atoms with Gasteiger partial charge in [-0.05, 0) is 42.0 Å². The first kappa shape index (κ1) is 22.9. The number of nitrogens with one attached hydrogen (secondary N) is 1. The van der Waals surface area contributed by atoms with E-state index in [-0.39, 0.29) is 17.5 Å². The average molecular weight is 485 g/mol. The minimum absolute atomic E-state index is 0.0549. The average Bonchev–Trinajstić information content (AvgIpc) is 3.22. The lowest BCUT2D eigenvalue weighted by Gasteiger charge is -2.14. The largest absolute Gasteiger partial charge is 0.358 e. The molecule has 1 aliphatic rings. The molecule has 0 atom stereocenters. The van der Waals surface area contributed by atoms with Crippen molar-refractivity contribution < 1.29 is 14.0 Å². The third-order valence-electron chi connectivity index (χ3n) is 5.22. The molecular formula is C24H19Cl2FN4O2. The van der Waals surface area contributed by atoms with E-state index in [9.17, 15) is 14.0 Å². The number of anilines is 1. The van der Waals surface area contributed by atoms with Crippen molar-refractivity contribution in [2.45, 2.75) is 6.42 Å². The highest BCUT2D eigenvalue weighted by molar-refractivity contribution is 6.31. The quantitative estimate of drug-likeness (QED) is 0.505. The third kappa shape index (κ3) is 5.21. The molecule has 1 amide bonds. The molecular weight excluding hydrogens is 466 g/mol. The number of nitrogens with zero attached hydrogens (tertiary/aromatic N) is 3. The summed E-state index contributed by atoms with van der Waals surface area (Å²) < 4.78 is 14.8. The van der Waals surface area contributed by atoms with E-state index in [0.717, 1.165) is 6.54 Å². The van der Waals surface area contributed by atoms with E-state index in [1.165, 1.54) is 24.4 Å². The normalized spacial score (nSPS) is 13.1. The van der Waals surface area contributed by atoms with Crippen LogP contribution < -0.4 is 5.32 Å². The standard InChI is InChI=1S/C24H19Cl2FN4O2/c1-31-9-8-28-23(31)15-3-6-18(20(27)10-15)21(32)11-14-2-4-16(25)12-19(14)24(33)30-22-7-5-17(26)13-29-22/h2-7,10,12-13H,8-9,11H2,1H3,(H,29,30,33).